The molecule has 0 aromatic heterocycles. The lowest BCUT2D eigenvalue weighted by Crippen LogP contribution is -2.30. The number of carbonyl (C=O) groups is 3. The minimum atomic E-state index is -4.75. The molecule has 0 aliphatic rings. The van der Waals surface area contributed by atoms with Crippen molar-refractivity contribution in [3.8, 4) is 0 Å². The summed E-state index contributed by atoms with van der Waals surface area (Å²) in [7, 11) is -4.75. The summed E-state index contributed by atoms with van der Waals surface area (Å²) in [6.45, 7) is 4.48. The molecule has 428 valence electrons. The molecule has 12 heteroatoms. The smallest absolute Gasteiger partial charge is 0.462 e. The van der Waals surface area contributed by atoms with Crippen LogP contribution in [0.2, 0.25) is 0 Å². The van der Waals surface area contributed by atoms with E-state index in [1.54, 1.807) is 0 Å². The van der Waals surface area contributed by atoms with E-state index >= 15 is 0 Å². The van der Waals surface area contributed by atoms with Gasteiger partial charge in [0.2, 0.25) is 0 Å². The predicted octanol–water partition coefficient (Wildman–Crippen LogP) is 17.7. The minimum Gasteiger partial charge on any atom is -0.462 e. The van der Waals surface area contributed by atoms with Crippen molar-refractivity contribution in [2.75, 3.05) is 26.4 Å². The standard InChI is InChI=1S/C62H109O11P/c1-4-7-10-13-16-19-21-23-25-27-29-31-33-35-37-40-42-45-48-51-60(64)69-55-59(57-71-74(67,68)70-56-58(54-63)72-61(65)52-49-46-43-39-18-15-12-9-6-3)73-62(66)53-50-47-44-41-38-36-34-32-30-28-26-24-22-20-17-14-11-8-5-2/h8,11,16-17,19-20,23-26,30,32,58-59,63H,4-7,9-10,12-15,18,21-22,27-29,31,33-57H2,1-3H3,(H,67,68)/b11-8-,19-16-,20-17-,25-23-,26-24-,32-30-. The number of phosphoric ester groups is 1. The van der Waals surface area contributed by atoms with Crippen molar-refractivity contribution >= 4 is 25.7 Å². The Bertz CT molecular complexity index is 1520. The van der Waals surface area contributed by atoms with Gasteiger partial charge in [0, 0.05) is 19.3 Å². The Hall–Kier alpha value is -3.08. The number of aliphatic hydroxyl groups excluding tert-OH is 1. The highest BCUT2D eigenvalue weighted by Crippen LogP contribution is 2.43. The third kappa shape index (κ3) is 53.7. The van der Waals surface area contributed by atoms with Gasteiger partial charge in [0.1, 0.15) is 12.7 Å². The van der Waals surface area contributed by atoms with Gasteiger partial charge in [0.25, 0.3) is 0 Å². The normalized spacial score (nSPS) is 13.9. The first-order valence-corrected chi connectivity index (χ1v) is 31.3. The van der Waals surface area contributed by atoms with Crippen molar-refractivity contribution in [3.05, 3.63) is 72.9 Å². The van der Waals surface area contributed by atoms with Crippen LogP contribution in [0.5, 0.6) is 0 Å². The predicted molar refractivity (Wildman–Crippen MR) is 307 cm³/mol. The monoisotopic (exact) mass is 1060 g/mol. The van der Waals surface area contributed by atoms with Gasteiger partial charge in [-0.05, 0) is 89.9 Å². The molecule has 0 bridgehead atoms. The number of hydrogen-bond donors (Lipinski definition) is 2. The van der Waals surface area contributed by atoms with E-state index in [4.69, 9.17) is 23.3 Å². The van der Waals surface area contributed by atoms with Crippen LogP contribution in [0.3, 0.4) is 0 Å². The molecule has 0 radical (unpaired) electrons. The Morgan fingerprint density at radius 1 is 0.392 bits per heavy atom. The third-order valence-electron chi connectivity index (χ3n) is 12.6. The van der Waals surface area contributed by atoms with Crippen LogP contribution in [0.4, 0.5) is 0 Å². The molecule has 74 heavy (non-hydrogen) atoms. The second-order valence-electron chi connectivity index (χ2n) is 19.8. The molecule has 0 saturated heterocycles. The highest BCUT2D eigenvalue weighted by molar-refractivity contribution is 7.47. The molecule has 0 aliphatic heterocycles. The number of rotatable bonds is 55. The van der Waals surface area contributed by atoms with E-state index < -0.39 is 57.8 Å². The van der Waals surface area contributed by atoms with Gasteiger partial charge >= 0.3 is 25.7 Å². The van der Waals surface area contributed by atoms with Gasteiger partial charge in [-0.1, -0.05) is 229 Å². The summed E-state index contributed by atoms with van der Waals surface area (Å²) >= 11 is 0. The third-order valence-corrected chi connectivity index (χ3v) is 13.6. The minimum absolute atomic E-state index is 0.150. The van der Waals surface area contributed by atoms with E-state index in [2.05, 4.69) is 93.7 Å². The summed E-state index contributed by atoms with van der Waals surface area (Å²) in [6, 6.07) is 0. The lowest BCUT2D eigenvalue weighted by molar-refractivity contribution is -0.161. The fourth-order valence-electron chi connectivity index (χ4n) is 8.08. The lowest BCUT2D eigenvalue weighted by Gasteiger charge is -2.21. The van der Waals surface area contributed by atoms with Crippen LogP contribution in [0.15, 0.2) is 72.9 Å². The maximum absolute atomic E-state index is 12.9. The first kappa shape index (κ1) is 70.9. The molecule has 0 aromatic rings. The van der Waals surface area contributed by atoms with Crippen LogP contribution in [-0.4, -0.2) is 66.5 Å². The van der Waals surface area contributed by atoms with Crippen molar-refractivity contribution in [3.63, 3.8) is 0 Å². The number of ether oxygens (including phenoxy) is 3. The zero-order valence-corrected chi connectivity index (χ0v) is 48.2. The highest BCUT2D eigenvalue weighted by atomic mass is 31.2. The Morgan fingerprint density at radius 2 is 0.703 bits per heavy atom. The van der Waals surface area contributed by atoms with Crippen molar-refractivity contribution in [2.24, 2.45) is 0 Å². The van der Waals surface area contributed by atoms with Crippen molar-refractivity contribution < 1.29 is 52.2 Å². The highest BCUT2D eigenvalue weighted by Gasteiger charge is 2.28. The summed E-state index contributed by atoms with van der Waals surface area (Å²) in [5.41, 5.74) is 0. The zero-order chi connectivity index (χ0) is 54.1. The van der Waals surface area contributed by atoms with Crippen LogP contribution in [0.25, 0.3) is 0 Å². The summed E-state index contributed by atoms with van der Waals surface area (Å²) in [5, 5.41) is 9.78. The average Bonchev–Trinajstić information content (AvgIpc) is 3.39. The van der Waals surface area contributed by atoms with Gasteiger partial charge < -0.3 is 24.2 Å². The average molecular weight is 1060 g/mol. The van der Waals surface area contributed by atoms with Crippen molar-refractivity contribution in [1.29, 1.82) is 0 Å². The summed E-state index contributed by atoms with van der Waals surface area (Å²) < 4.78 is 39.5. The van der Waals surface area contributed by atoms with Crippen LogP contribution in [0.1, 0.15) is 265 Å². The number of unbranched alkanes of at least 4 members (excludes halogenated alkanes) is 26. The maximum Gasteiger partial charge on any atom is 0.472 e. The van der Waals surface area contributed by atoms with E-state index in [1.165, 1.54) is 89.9 Å². The van der Waals surface area contributed by atoms with E-state index in [-0.39, 0.29) is 25.9 Å². The zero-order valence-electron chi connectivity index (χ0n) is 47.3. The Morgan fingerprint density at radius 3 is 1.11 bits per heavy atom. The van der Waals surface area contributed by atoms with Gasteiger partial charge in [0.05, 0.1) is 19.8 Å². The lowest BCUT2D eigenvalue weighted by atomic mass is 10.1. The van der Waals surface area contributed by atoms with Gasteiger partial charge in [-0.15, -0.1) is 0 Å². The molecule has 0 heterocycles. The fraction of sp³-hybridized carbons (Fsp3) is 0.758. The molecule has 0 aliphatic carbocycles. The van der Waals surface area contributed by atoms with Gasteiger partial charge in [-0.25, -0.2) is 4.57 Å². The Balaban J connectivity index is 4.72. The van der Waals surface area contributed by atoms with E-state index in [0.29, 0.717) is 19.3 Å². The van der Waals surface area contributed by atoms with Gasteiger partial charge in [0.15, 0.2) is 6.10 Å². The SMILES string of the molecule is CC/C=C\C/C=C\C/C=C\C/C=C\CCCCCCCCC(=O)OC(COC(=O)CCCCCCCCCCC/C=C\C/C=C\CCCCC)COP(=O)(O)OCC(CO)OC(=O)CCCCCCCCCCC. The molecule has 3 atom stereocenters. The van der Waals surface area contributed by atoms with E-state index in [9.17, 15) is 28.9 Å². The second kappa shape index (κ2) is 56.1. The second-order valence-corrected chi connectivity index (χ2v) is 21.2. The molecule has 2 N–H and O–H groups in total. The molecular formula is C62H109O11P. The molecule has 0 fully saturated rings. The van der Waals surface area contributed by atoms with Crippen LogP contribution < -0.4 is 0 Å². The molecule has 0 saturated carbocycles. The molecule has 0 rings (SSSR count). The van der Waals surface area contributed by atoms with E-state index in [1.807, 2.05) is 0 Å². The molecule has 0 amide bonds. The fourth-order valence-corrected chi connectivity index (χ4v) is 8.87. The maximum atomic E-state index is 12.9. The van der Waals surface area contributed by atoms with Gasteiger partial charge in [-0.2, -0.15) is 0 Å². The quantitative estimate of drug-likeness (QED) is 0.0197. The molecule has 3 unspecified atom stereocenters. The molecule has 0 aromatic carbocycles. The van der Waals surface area contributed by atoms with Gasteiger partial charge in [-0.3, -0.25) is 23.4 Å². The first-order valence-electron chi connectivity index (χ1n) is 29.8. The number of phosphoric acid groups is 1. The van der Waals surface area contributed by atoms with Crippen LogP contribution in [0, 0.1) is 0 Å². The largest absolute Gasteiger partial charge is 0.472 e. The number of carbonyl (C=O) groups excluding carboxylic acids is 3. The number of allylic oxidation sites excluding steroid dienone is 12. The molecular weight excluding hydrogens is 952 g/mol. The molecule has 11 nitrogen and oxygen atoms in total. The van der Waals surface area contributed by atoms with Crippen molar-refractivity contribution in [2.45, 2.75) is 277 Å². The van der Waals surface area contributed by atoms with Crippen LogP contribution >= 0.6 is 7.82 Å². The topological polar surface area (TPSA) is 155 Å². The van der Waals surface area contributed by atoms with Crippen molar-refractivity contribution in [1.82, 2.24) is 0 Å². The van der Waals surface area contributed by atoms with Crippen LogP contribution in [-0.2, 0) is 42.2 Å². The van der Waals surface area contributed by atoms with E-state index in [0.717, 1.165) is 116 Å². The Kier molecular flexibility index (Phi) is 53.8. The molecule has 0 spiro atoms. The number of aliphatic hydroxyl groups is 1. The number of hydrogen-bond acceptors (Lipinski definition) is 10. The summed E-state index contributed by atoms with van der Waals surface area (Å²) in [6.07, 6.45) is 62.9. The summed E-state index contributed by atoms with van der Waals surface area (Å²) in [5.74, 6) is -1.48. The first-order chi connectivity index (χ1) is 36.2. The number of esters is 3. The Labute approximate surface area is 452 Å². The summed E-state index contributed by atoms with van der Waals surface area (Å²) in [4.78, 5) is 48.5.